The molecule has 0 bridgehead atoms. The number of nitrogens with two attached hydrogens (primary N) is 1. The van der Waals surface area contributed by atoms with Crippen LogP contribution in [0.25, 0.3) is 0 Å². The minimum Gasteiger partial charge on any atom is -0.496 e. The highest BCUT2D eigenvalue weighted by Crippen LogP contribution is 2.17. The molecule has 0 saturated carbocycles. The molecular formula is C14H14N2O2S. The number of benzene rings is 1. The van der Waals surface area contributed by atoms with Gasteiger partial charge in [-0.2, -0.15) is 0 Å². The first-order valence-electron chi connectivity index (χ1n) is 5.74. The summed E-state index contributed by atoms with van der Waals surface area (Å²) in [6.07, 6.45) is 1.70. The summed E-state index contributed by atoms with van der Waals surface area (Å²) in [5, 5.41) is 0. The second-order valence-corrected chi connectivity index (χ2v) is 4.47. The van der Waals surface area contributed by atoms with Crippen LogP contribution in [0.2, 0.25) is 0 Å². The molecule has 2 aromatic rings. The molecule has 0 amide bonds. The van der Waals surface area contributed by atoms with Crippen LogP contribution in [0.3, 0.4) is 0 Å². The Morgan fingerprint density at radius 2 is 2.05 bits per heavy atom. The smallest absolute Gasteiger partial charge is 0.261 e. The molecule has 4 nitrogen and oxygen atoms in total. The third-order valence-corrected chi connectivity index (χ3v) is 3.04. The maximum atomic E-state index is 12.2. The summed E-state index contributed by atoms with van der Waals surface area (Å²) in [4.78, 5) is 12.3. The second kappa shape index (κ2) is 5.67. The van der Waals surface area contributed by atoms with E-state index in [4.69, 9.17) is 22.7 Å². The zero-order valence-electron chi connectivity index (χ0n) is 10.5. The third-order valence-electron chi connectivity index (χ3n) is 2.82. The van der Waals surface area contributed by atoms with Crippen molar-refractivity contribution in [3.8, 4) is 5.75 Å². The summed E-state index contributed by atoms with van der Waals surface area (Å²) in [6, 6.07) is 10.9. The molecule has 0 aliphatic carbocycles. The van der Waals surface area contributed by atoms with Crippen LogP contribution < -0.4 is 16.0 Å². The van der Waals surface area contributed by atoms with Gasteiger partial charge < -0.3 is 15.0 Å². The van der Waals surface area contributed by atoms with Gasteiger partial charge >= 0.3 is 0 Å². The average molecular weight is 274 g/mol. The Morgan fingerprint density at radius 3 is 2.74 bits per heavy atom. The van der Waals surface area contributed by atoms with E-state index in [1.165, 1.54) is 0 Å². The number of rotatable bonds is 4. The van der Waals surface area contributed by atoms with E-state index < -0.39 is 0 Å². The number of methoxy groups -OCH3 is 1. The van der Waals surface area contributed by atoms with Crippen LogP contribution in [-0.2, 0) is 6.54 Å². The summed E-state index contributed by atoms with van der Waals surface area (Å²) < 4.78 is 6.83. The Morgan fingerprint density at radius 1 is 1.32 bits per heavy atom. The minimum atomic E-state index is -0.194. The molecule has 2 N–H and O–H groups in total. The van der Waals surface area contributed by atoms with Crippen molar-refractivity contribution in [3.63, 3.8) is 0 Å². The highest BCUT2D eigenvalue weighted by Gasteiger charge is 2.08. The SMILES string of the molecule is COc1ccccc1Cn1cccc(C(N)=S)c1=O. The zero-order chi connectivity index (χ0) is 13.8. The second-order valence-electron chi connectivity index (χ2n) is 4.03. The van der Waals surface area contributed by atoms with Gasteiger partial charge in [0.15, 0.2) is 0 Å². The first-order valence-corrected chi connectivity index (χ1v) is 6.15. The maximum absolute atomic E-state index is 12.2. The van der Waals surface area contributed by atoms with Crippen LogP contribution in [0.15, 0.2) is 47.4 Å². The van der Waals surface area contributed by atoms with Gasteiger partial charge in [0, 0.05) is 11.8 Å². The van der Waals surface area contributed by atoms with Crippen molar-refractivity contribution in [2.75, 3.05) is 7.11 Å². The Hall–Kier alpha value is -2.14. The van der Waals surface area contributed by atoms with Crippen molar-refractivity contribution >= 4 is 17.2 Å². The maximum Gasteiger partial charge on any atom is 0.261 e. The zero-order valence-corrected chi connectivity index (χ0v) is 11.3. The Labute approximate surface area is 116 Å². The molecule has 1 aromatic heterocycles. The lowest BCUT2D eigenvalue weighted by Crippen LogP contribution is -2.28. The molecule has 2 rings (SSSR count). The number of aromatic nitrogens is 1. The van der Waals surface area contributed by atoms with E-state index in [0.29, 0.717) is 12.1 Å². The van der Waals surface area contributed by atoms with Crippen LogP contribution >= 0.6 is 12.2 Å². The molecule has 0 unspecified atom stereocenters. The molecule has 1 aromatic carbocycles. The van der Waals surface area contributed by atoms with Gasteiger partial charge in [0.1, 0.15) is 10.7 Å². The molecular weight excluding hydrogens is 260 g/mol. The van der Waals surface area contributed by atoms with E-state index in [0.717, 1.165) is 11.3 Å². The predicted molar refractivity (Wildman–Crippen MR) is 78.7 cm³/mol. The number of hydrogen-bond donors (Lipinski definition) is 1. The van der Waals surface area contributed by atoms with Crippen LogP contribution in [0, 0.1) is 0 Å². The van der Waals surface area contributed by atoms with Gasteiger partial charge in [0.05, 0.1) is 19.2 Å². The van der Waals surface area contributed by atoms with Crippen molar-refractivity contribution in [2.24, 2.45) is 5.73 Å². The molecule has 1 heterocycles. The van der Waals surface area contributed by atoms with Crippen molar-refractivity contribution in [1.82, 2.24) is 4.57 Å². The molecule has 5 heteroatoms. The molecule has 0 atom stereocenters. The summed E-state index contributed by atoms with van der Waals surface area (Å²) in [5.74, 6) is 0.745. The van der Waals surface area contributed by atoms with E-state index in [1.807, 2.05) is 24.3 Å². The van der Waals surface area contributed by atoms with E-state index in [2.05, 4.69) is 0 Å². The van der Waals surface area contributed by atoms with E-state index in [-0.39, 0.29) is 10.5 Å². The molecule has 0 radical (unpaired) electrons. The highest BCUT2D eigenvalue weighted by molar-refractivity contribution is 7.80. The summed E-state index contributed by atoms with van der Waals surface area (Å²) in [6.45, 7) is 0.416. The van der Waals surface area contributed by atoms with Gasteiger partial charge in [-0.25, -0.2) is 0 Å². The third kappa shape index (κ3) is 2.82. The summed E-state index contributed by atoms with van der Waals surface area (Å²) in [7, 11) is 1.60. The number of hydrogen-bond acceptors (Lipinski definition) is 3. The number of pyridine rings is 1. The van der Waals surface area contributed by atoms with Gasteiger partial charge in [-0.15, -0.1) is 0 Å². The van der Waals surface area contributed by atoms with Crippen LogP contribution in [0.5, 0.6) is 5.75 Å². The van der Waals surface area contributed by atoms with Crippen LogP contribution in [0.1, 0.15) is 11.1 Å². The lowest BCUT2D eigenvalue weighted by atomic mass is 10.2. The average Bonchev–Trinajstić information content (AvgIpc) is 2.41. The van der Waals surface area contributed by atoms with E-state index >= 15 is 0 Å². The van der Waals surface area contributed by atoms with Crippen molar-refractivity contribution < 1.29 is 4.74 Å². The quantitative estimate of drug-likeness (QED) is 0.859. The normalized spacial score (nSPS) is 10.2. The molecule has 98 valence electrons. The molecule has 0 saturated heterocycles. The number of nitrogens with zero attached hydrogens (tertiary/aromatic N) is 1. The van der Waals surface area contributed by atoms with Crippen molar-refractivity contribution in [1.29, 1.82) is 0 Å². The lowest BCUT2D eigenvalue weighted by Gasteiger charge is -2.11. The predicted octanol–water partition coefficient (Wildman–Crippen LogP) is 1.54. The van der Waals surface area contributed by atoms with Gasteiger partial charge in [-0.05, 0) is 18.2 Å². The molecule has 19 heavy (non-hydrogen) atoms. The summed E-state index contributed by atoms with van der Waals surface area (Å²) in [5.41, 5.74) is 6.61. The fraction of sp³-hybridized carbons (Fsp3) is 0.143. The molecule has 0 aliphatic heterocycles. The van der Waals surface area contributed by atoms with Crippen molar-refractivity contribution in [3.05, 3.63) is 64.1 Å². The molecule has 0 fully saturated rings. The Balaban J connectivity index is 2.42. The first-order chi connectivity index (χ1) is 9.13. The number of para-hydroxylation sites is 1. The van der Waals surface area contributed by atoms with E-state index in [1.54, 1.807) is 30.0 Å². The van der Waals surface area contributed by atoms with Crippen LogP contribution in [-0.4, -0.2) is 16.7 Å². The minimum absolute atomic E-state index is 0.111. The molecule has 0 spiro atoms. The largest absolute Gasteiger partial charge is 0.496 e. The van der Waals surface area contributed by atoms with Gasteiger partial charge in [-0.1, -0.05) is 30.4 Å². The topological polar surface area (TPSA) is 57.2 Å². The molecule has 0 aliphatic rings. The Kier molecular flexibility index (Phi) is 3.97. The Bertz CT molecular complexity index is 664. The monoisotopic (exact) mass is 274 g/mol. The lowest BCUT2D eigenvalue weighted by molar-refractivity contribution is 0.408. The fourth-order valence-corrected chi connectivity index (χ4v) is 2.02. The van der Waals surface area contributed by atoms with Gasteiger partial charge in [0.2, 0.25) is 0 Å². The van der Waals surface area contributed by atoms with Gasteiger partial charge in [-0.3, -0.25) is 4.79 Å². The van der Waals surface area contributed by atoms with Crippen LogP contribution in [0.4, 0.5) is 0 Å². The number of thiocarbonyl (C=S) groups is 1. The first kappa shape index (κ1) is 13.3. The van der Waals surface area contributed by atoms with Crippen molar-refractivity contribution in [2.45, 2.75) is 6.54 Å². The standard InChI is InChI=1S/C14H14N2O2S/c1-18-12-7-3-2-5-10(12)9-16-8-4-6-11(13(15)19)14(16)17/h2-8H,9H2,1H3,(H2,15,19). The fourth-order valence-electron chi connectivity index (χ4n) is 1.87. The van der Waals surface area contributed by atoms with Gasteiger partial charge in [0.25, 0.3) is 5.56 Å². The number of ether oxygens (including phenoxy) is 1. The summed E-state index contributed by atoms with van der Waals surface area (Å²) >= 11 is 4.86. The van der Waals surface area contributed by atoms with E-state index in [9.17, 15) is 4.79 Å². The highest BCUT2D eigenvalue weighted by atomic mass is 32.1.